The van der Waals surface area contributed by atoms with Gasteiger partial charge in [0.05, 0.1) is 0 Å². The summed E-state index contributed by atoms with van der Waals surface area (Å²) in [7, 11) is 0. The Hall–Kier alpha value is -0.261. The van der Waals surface area contributed by atoms with Gasteiger partial charge in [-0.15, -0.1) is 0 Å². The Kier molecular flexibility index (Phi) is 3.77. The molecule has 0 spiro atoms. The van der Waals surface area contributed by atoms with Crippen LogP contribution in [0, 0.1) is 0 Å². The zero-order valence-corrected chi connectivity index (χ0v) is 5.31. The molecule has 0 atom stereocenters. The van der Waals surface area contributed by atoms with Gasteiger partial charge in [0.15, 0.2) is 0 Å². The van der Waals surface area contributed by atoms with Crippen molar-refractivity contribution < 1.29 is 13.9 Å². The van der Waals surface area contributed by atoms with Crippen molar-refractivity contribution in [3.05, 3.63) is 34.7 Å². The molecule has 0 rings (SSSR count). The Morgan fingerprint density at radius 1 is 0.857 bits per heavy atom. The Bertz CT molecular complexity index is 65.2. The predicted molar refractivity (Wildman–Crippen MR) is 30.6 cm³/mol. The van der Waals surface area contributed by atoms with E-state index in [0.717, 1.165) is 0 Å². The van der Waals surface area contributed by atoms with Crippen molar-refractivity contribution in [2.45, 2.75) is 0 Å². The molecular weight excluding hydrogens is 128 g/mol. The maximum absolute atomic E-state index is 3.60. The summed E-state index contributed by atoms with van der Waals surface area (Å²) in [5.41, 5.74) is 0. The summed E-state index contributed by atoms with van der Waals surface area (Å²) in [5.74, 6) is 0. The van der Waals surface area contributed by atoms with Gasteiger partial charge in [-0.2, -0.15) is 0 Å². The predicted octanol–water partition coefficient (Wildman–Crippen LogP) is 2.04. The third-order valence-electron chi connectivity index (χ3n) is 0.500. The molecule has 0 unspecified atom stereocenters. The molecule has 7 heavy (non-hydrogen) atoms. The van der Waals surface area contributed by atoms with E-state index in [0.29, 0.717) is 0 Å². The van der Waals surface area contributed by atoms with E-state index in [1.165, 1.54) is 0 Å². The molecule has 0 aromatic heterocycles. The molecule has 0 amide bonds. The second-order valence-corrected chi connectivity index (χ2v) is 3.24. The van der Waals surface area contributed by atoms with Gasteiger partial charge in [0.25, 0.3) is 0 Å². The van der Waals surface area contributed by atoms with E-state index in [1.54, 1.807) is 0 Å². The van der Waals surface area contributed by atoms with Crippen LogP contribution >= 0.6 is 0 Å². The first kappa shape index (κ1) is 6.74. The van der Waals surface area contributed by atoms with Crippen molar-refractivity contribution >= 4 is 0 Å². The molecule has 1 heteroatoms. The van der Waals surface area contributed by atoms with Crippen molar-refractivity contribution in [3.63, 3.8) is 0 Å². The van der Waals surface area contributed by atoms with Crippen molar-refractivity contribution in [1.29, 1.82) is 0 Å². The quantitative estimate of drug-likeness (QED) is 0.522. The summed E-state index contributed by atoms with van der Waals surface area (Å²) in [6.07, 6.45) is 0. The third-order valence-corrected chi connectivity index (χ3v) is 2.06. The van der Waals surface area contributed by atoms with Crippen LogP contribution in [0.15, 0.2) is 34.7 Å². The van der Waals surface area contributed by atoms with E-state index in [-0.39, 0.29) is 0 Å². The Morgan fingerprint density at radius 3 is 1.14 bits per heavy atom. The molecule has 0 saturated heterocycles. The molecule has 0 aliphatic heterocycles. The number of hydrogen-bond acceptors (Lipinski definition) is 0. The van der Waals surface area contributed by atoms with Crippen LogP contribution in [0.1, 0.15) is 0 Å². The van der Waals surface area contributed by atoms with E-state index in [9.17, 15) is 0 Å². The van der Waals surface area contributed by atoms with Crippen molar-refractivity contribution in [2.75, 3.05) is 0 Å². The van der Waals surface area contributed by atoms with E-state index in [1.807, 2.05) is 14.9 Å². The molecule has 0 radical (unpaired) electrons. The molecule has 0 heterocycles. The third kappa shape index (κ3) is 2.44. The molecule has 41 valence electrons. The molecule has 0 aromatic carbocycles. The summed E-state index contributed by atoms with van der Waals surface area (Å²) in [4.78, 5) is 5.62. The first-order valence-electron chi connectivity index (χ1n) is 1.84. The number of hydrogen-bond donors (Lipinski definition) is 0. The monoisotopic (exact) mass is 137 g/mol. The Balaban J connectivity index is 3.57. The average molecular weight is 137 g/mol. The van der Waals surface area contributed by atoms with Crippen LogP contribution in [0.2, 0.25) is 0 Å². The van der Waals surface area contributed by atoms with Crippen molar-refractivity contribution in [3.8, 4) is 0 Å². The first-order valence-corrected chi connectivity index (χ1v) is 3.75. The molecule has 0 nitrogen and oxygen atoms in total. The normalized spacial score (nSPS) is 9.43. The zero-order valence-electron chi connectivity index (χ0n) is 4.21. The fraction of sp³-hybridized carbons (Fsp3) is 0. The summed E-state index contributed by atoms with van der Waals surface area (Å²) >= 11 is -0.417. The van der Waals surface area contributed by atoms with Crippen LogP contribution in [0.25, 0.3) is 0 Å². The van der Waals surface area contributed by atoms with Crippen LogP contribution in [0.5, 0.6) is 0 Å². The van der Waals surface area contributed by atoms with Crippen LogP contribution in [0.3, 0.4) is 0 Å². The van der Waals surface area contributed by atoms with Gasteiger partial charge in [0, 0.05) is 0 Å². The maximum atomic E-state index is 3.60. The topological polar surface area (TPSA) is 0 Å². The minimum absolute atomic E-state index is 0.417. The molecule has 0 bridgehead atoms. The fourth-order valence-corrected chi connectivity index (χ4v) is 0.729. The average Bonchev–Trinajstić information content (AvgIpc) is 1.72. The van der Waals surface area contributed by atoms with Crippen LogP contribution in [-0.4, -0.2) is 0 Å². The molecule has 0 aliphatic rings. The van der Waals surface area contributed by atoms with Crippen LogP contribution < -0.4 is 0 Å². The van der Waals surface area contributed by atoms with Crippen LogP contribution in [-0.2, 0) is 13.9 Å². The molecule has 0 fully saturated rings. The second-order valence-electron chi connectivity index (χ2n) is 0.787. The summed E-state index contributed by atoms with van der Waals surface area (Å²) < 4.78 is 0. The molecule has 0 aromatic rings. The standard InChI is InChI=1S/3C2H3.Fe/c3*1-2;/h3*1H,2H2;. The Morgan fingerprint density at radius 2 is 1.14 bits per heavy atom. The number of rotatable bonds is 3. The SMILES string of the molecule is C=[CH][Fe]([CH]=C)[CH]=C. The van der Waals surface area contributed by atoms with Gasteiger partial charge in [0.2, 0.25) is 0 Å². The molecule has 0 N–H and O–H groups in total. The van der Waals surface area contributed by atoms with Crippen molar-refractivity contribution in [1.82, 2.24) is 0 Å². The van der Waals surface area contributed by atoms with Gasteiger partial charge in [-0.05, 0) is 0 Å². The summed E-state index contributed by atoms with van der Waals surface area (Å²) in [6.45, 7) is 10.8. The molecule has 0 saturated carbocycles. The van der Waals surface area contributed by atoms with Gasteiger partial charge in [0.1, 0.15) is 0 Å². The van der Waals surface area contributed by atoms with Crippen molar-refractivity contribution in [2.24, 2.45) is 0 Å². The second kappa shape index (κ2) is 3.91. The summed E-state index contributed by atoms with van der Waals surface area (Å²) in [6, 6.07) is 0. The fourth-order valence-electron chi connectivity index (χ4n) is 0.177. The Labute approximate surface area is 49.1 Å². The van der Waals surface area contributed by atoms with E-state index in [4.69, 9.17) is 0 Å². The van der Waals surface area contributed by atoms with Gasteiger partial charge in [-0.1, -0.05) is 0 Å². The van der Waals surface area contributed by atoms with E-state index in [2.05, 4.69) is 19.7 Å². The van der Waals surface area contributed by atoms with Gasteiger partial charge >= 0.3 is 48.6 Å². The zero-order chi connectivity index (χ0) is 5.70. The van der Waals surface area contributed by atoms with E-state index >= 15 is 0 Å². The van der Waals surface area contributed by atoms with Gasteiger partial charge < -0.3 is 0 Å². The summed E-state index contributed by atoms with van der Waals surface area (Å²) in [5, 5.41) is 0. The van der Waals surface area contributed by atoms with E-state index < -0.39 is 13.9 Å². The molecule has 0 aliphatic carbocycles. The van der Waals surface area contributed by atoms with Gasteiger partial charge in [-0.25, -0.2) is 0 Å². The first-order chi connectivity index (χ1) is 3.35. The minimum atomic E-state index is -0.417. The van der Waals surface area contributed by atoms with Gasteiger partial charge in [-0.3, -0.25) is 0 Å². The molecular formula is C6H9Fe. The van der Waals surface area contributed by atoms with Crippen LogP contribution in [0.4, 0.5) is 0 Å².